The fourth-order valence-electron chi connectivity index (χ4n) is 1.96. The molecule has 100 valence electrons. The van der Waals surface area contributed by atoms with Gasteiger partial charge in [0.25, 0.3) is 0 Å². The van der Waals surface area contributed by atoms with Crippen LogP contribution < -0.4 is 5.32 Å². The summed E-state index contributed by atoms with van der Waals surface area (Å²) in [5.41, 5.74) is -0.442. The quantitative estimate of drug-likeness (QED) is 0.723. The lowest BCUT2D eigenvalue weighted by atomic mass is 10.2. The van der Waals surface area contributed by atoms with Crippen LogP contribution in [0, 0.1) is 0 Å². The largest absolute Gasteiger partial charge is 0.444 e. The number of carbonyl (C=O) groups excluding carboxylic acids is 1. The molecule has 1 heterocycles. The number of rotatable bonds is 4. The van der Waals surface area contributed by atoms with Gasteiger partial charge in [-0.2, -0.15) is 0 Å². The van der Waals surface area contributed by atoms with Crippen LogP contribution in [0.3, 0.4) is 0 Å². The number of likely N-dealkylation sites (tertiary alicyclic amines) is 1. The van der Waals surface area contributed by atoms with Crippen molar-refractivity contribution in [2.24, 2.45) is 0 Å². The van der Waals surface area contributed by atoms with Crippen LogP contribution in [0.2, 0.25) is 0 Å². The minimum Gasteiger partial charge on any atom is -0.444 e. The van der Waals surface area contributed by atoms with Crippen LogP contribution in [0.1, 0.15) is 33.6 Å². The molecule has 0 radical (unpaired) electrons. The van der Waals surface area contributed by atoms with Crippen molar-refractivity contribution in [2.45, 2.75) is 45.3 Å². The van der Waals surface area contributed by atoms with Crippen molar-refractivity contribution in [1.82, 2.24) is 10.2 Å². The SMILES string of the molecule is CC(C)(C)OC(=O)N1CCC[C@H]1CNCCO. The van der Waals surface area contributed by atoms with Crippen molar-refractivity contribution in [1.29, 1.82) is 0 Å². The third-order valence-corrected chi connectivity index (χ3v) is 2.67. The van der Waals surface area contributed by atoms with E-state index in [-0.39, 0.29) is 18.7 Å². The van der Waals surface area contributed by atoms with Gasteiger partial charge in [0.15, 0.2) is 0 Å². The van der Waals surface area contributed by atoms with E-state index in [1.165, 1.54) is 0 Å². The Morgan fingerprint density at radius 3 is 2.82 bits per heavy atom. The van der Waals surface area contributed by atoms with Crippen molar-refractivity contribution in [3.63, 3.8) is 0 Å². The highest BCUT2D eigenvalue weighted by Crippen LogP contribution is 2.20. The molecule has 0 saturated carbocycles. The van der Waals surface area contributed by atoms with Gasteiger partial charge in [0, 0.05) is 25.7 Å². The first-order valence-electron chi connectivity index (χ1n) is 6.25. The van der Waals surface area contributed by atoms with E-state index in [4.69, 9.17) is 9.84 Å². The molecule has 1 saturated heterocycles. The second-order valence-electron chi connectivity index (χ2n) is 5.40. The Morgan fingerprint density at radius 1 is 1.53 bits per heavy atom. The highest BCUT2D eigenvalue weighted by molar-refractivity contribution is 5.69. The normalized spacial score (nSPS) is 20.7. The molecule has 0 aromatic carbocycles. The van der Waals surface area contributed by atoms with Gasteiger partial charge in [-0.3, -0.25) is 0 Å². The average Bonchev–Trinajstić information content (AvgIpc) is 2.64. The molecule has 0 bridgehead atoms. The summed E-state index contributed by atoms with van der Waals surface area (Å²) >= 11 is 0. The number of hydrogen-bond acceptors (Lipinski definition) is 4. The van der Waals surface area contributed by atoms with Gasteiger partial charge < -0.3 is 20.1 Å². The first-order chi connectivity index (χ1) is 7.94. The number of aliphatic hydroxyl groups is 1. The molecular weight excluding hydrogens is 220 g/mol. The molecule has 1 amide bonds. The lowest BCUT2D eigenvalue weighted by Gasteiger charge is -2.28. The number of amides is 1. The smallest absolute Gasteiger partial charge is 0.410 e. The first-order valence-corrected chi connectivity index (χ1v) is 6.25. The minimum absolute atomic E-state index is 0.124. The molecule has 5 nitrogen and oxygen atoms in total. The van der Waals surface area contributed by atoms with E-state index >= 15 is 0 Å². The zero-order valence-electron chi connectivity index (χ0n) is 11.0. The van der Waals surface area contributed by atoms with Gasteiger partial charge in [0.2, 0.25) is 0 Å². The van der Waals surface area contributed by atoms with Crippen LogP contribution >= 0.6 is 0 Å². The summed E-state index contributed by atoms with van der Waals surface area (Å²) in [7, 11) is 0. The molecule has 1 rings (SSSR count). The van der Waals surface area contributed by atoms with Gasteiger partial charge >= 0.3 is 6.09 Å². The van der Waals surface area contributed by atoms with Gasteiger partial charge in [-0.05, 0) is 33.6 Å². The second kappa shape index (κ2) is 6.21. The summed E-state index contributed by atoms with van der Waals surface area (Å²) in [4.78, 5) is 13.7. The molecule has 5 heteroatoms. The molecule has 0 unspecified atom stereocenters. The summed E-state index contributed by atoms with van der Waals surface area (Å²) in [5, 5.41) is 11.8. The number of aliphatic hydroxyl groups excluding tert-OH is 1. The number of nitrogens with zero attached hydrogens (tertiary/aromatic N) is 1. The summed E-state index contributed by atoms with van der Waals surface area (Å²) in [6.07, 6.45) is 1.79. The van der Waals surface area contributed by atoms with E-state index in [2.05, 4.69) is 5.32 Å². The van der Waals surface area contributed by atoms with Crippen LogP contribution in [-0.4, -0.2) is 54.0 Å². The molecule has 2 N–H and O–H groups in total. The predicted molar refractivity (Wildman–Crippen MR) is 65.9 cm³/mol. The monoisotopic (exact) mass is 244 g/mol. The van der Waals surface area contributed by atoms with Crippen LogP contribution in [0.4, 0.5) is 4.79 Å². The third kappa shape index (κ3) is 4.91. The number of carbonyl (C=O) groups is 1. The van der Waals surface area contributed by atoms with E-state index in [1.54, 1.807) is 4.90 Å². The molecule has 17 heavy (non-hydrogen) atoms. The summed E-state index contributed by atoms with van der Waals surface area (Å²) in [6, 6.07) is 0.191. The molecular formula is C12H24N2O3. The van der Waals surface area contributed by atoms with Gasteiger partial charge in [0.1, 0.15) is 5.60 Å². The van der Waals surface area contributed by atoms with Gasteiger partial charge in [0.05, 0.1) is 6.61 Å². The summed E-state index contributed by atoms with van der Waals surface area (Å²) in [6.45, 7) is 7.80. The van der Waals surface area contributed by atoms with Gasteiger partial charge in [-0.15, -0.1) is 0 Å². The Balaban J connectivity index is 2.42. The van der Waals surface area contributed by atoms with Crippen molar-refractivity contribution in [3.8, 4) is 0 Å². The third-order valence-electron chi connectivity index (χ3n) is 2.67. The first kappa shape index (κ1) is 14.3. The Kier molecular flexibility index (Phi) is 5.21. The maximum absolute atomic E-state index is 11.9. The molecule has 1 atom stereocenters. The number of nitrogens with one attached hydrogen (secondary N) is 1. The number of ether oxygens (including phenoxy) is 1. The highest BCUT2D eigenvalue weighted by atomic mass is 16.6. The fourth-order valence-corrected chi connectivity index (χ4v) is 1.96. The molecule has 1 aliphatic heterocycles. The van der Waals surface area contributed by atoms with Crippen molar-refractivity contribution in [2.75, 3.05) is 26.2 Å². The van der Waals surface area contributed by atoms with E-state index in [9.17, 15) is 4.79 Å². The van der Waals surface area contributed by atoms with Crippen molar-refractivity contribution < 1.29 is 14.6 Å². The maximum atomic E-state index is 11.9. The van der Waals surface area contributed by atoms with E-state index in [0.717, 1.165) is 25.9 Å². The molecule has 0 aliphatic carbocycles. The standard InChI is InChI=1S/C12H24N2O3/c1-12(2,3)17-11(16)14-7-4-5-10(14)9-13-6-8-15/h10,13,15H,4-9H2,1-3H3/t10-/m0/s1. The van der Waals surface area contributed by atoms with Crippen molar-refractivity contribution >= 4 is 6.09 Å². The molecule has 0 aromatic rings. The average molecular weight is 244 g/mol. The topological polar surface area (TPSA) is 61.8 Å². The lowest BCUT2D eigenvalue weighted by Crippen LogP contribution is -2.44. The van der Waals surface area contributed by atoms with Crippen LogP contribution in [0.15, 0.2) is 0 Å². The predicted octanol–water partition coefficient (Wildman–Crippen LogP) is 0.968. The fraction of sp³-hybridized carbons (Fsp3) is 0.917. The Labute approximate surface area is 103 Å². The number of hydrogen-bond donors (Lipinski definition) is 2. The van der Waals surface area contributed by atoms with Crippen molar-refractivity contribution in [3.05, 3.63) is 0 Å². The van der Waals surface area contributed by atoms with Gasteiger partial charge in [-0.25, -0.2) is 4.79 Å². The molecule has 1 aliphatic rings. The summed E-state index contributed by atoms with van der Waals surface area (Å²) in [5.74, 6) is 0. The molecule has 1 fully saturated rings. The van der Waals surface area contributed by atoms with Crippen LogP contribution in [0.25, 0.3) is 0 Å². The summed E-state index contributed by atoms with van der Waals surface area (Å²) < 4.78 is 5.37. The lowest BCUT2D eigenvalue weighted by molar-refractivity contribution is 0.0226. The van der Waals surface area contributed by atoms with Gasteiger partial charge in [-0.1, -0.05) is 0 Å². The molecule has 0 aromatic heterocycles. The van der Waals surface area contributed by atoms with Crippen LogP contribution in [0.5, 0.6) is 0 Å². The molecule has 0 spiro atoms. The van der Waals surface area contributed by atoms with Crippen LogP contribution in [-0.2, 0) is 4.74 Å². The van der Waals surface area contributed by atoms with E-state index in [1.807, 2.05) is 20.8 Å². The maximum Gasteiger partial charge on any atom is 0.410 e. The Morgan fingerprint density at radius 2 is 2.24 bits per heavy atom. The van der Waals surface area contributed by atoms with E-state index in [0.29, 0.717) is 6.54 Å². The zero-order valence-corrected chi connectivity index (χ0v) is 11.0. The minimum atomic E-state index is -0.442. The second-order valence-corrected chi connectivity index (χ2v) is 5.40. The van der Waals surface area contributed by atoms with E-state index < -0.39 is 5.60 Å². The Hall–Kier alpha value is -0.810. The Bertz CT molecular complexity index is 251. The highest BCUT2D eigenvalue weighted by Gasteiger charge is 2.31. The zero-order chi connectivity index (χ0) is 12.9.